The van der Waals surface area contributed by atoms with Crippen LogP contribution in [-0.2, 0) is 4.57 Å². The van der Waals surface area contributed by atoms with E-state index in [0.29, 0.717) is 0 Å². The van der Waals surface area contributed by atoms with Crippen molar-refractivity contribution in [3.63, 3.8) is 0 Å². The first-order chi connectivity index (χ1) is 7.65. The van der Waals surface area contributed by atoms with Crippen LogP contribution < -0.4 is 80.4 Å². The summed E-state index contributed by atoms with van der Waals surface area (Å²) in [5.41, 5.74) is 10.6. The van der Waals surface area contributed by atoms with Gasteiger partial charge in [0.2, 0.25) is 0 Å². The van der Waals surface area contributed by atoms with E-state index in [-0.39, 0.29) is 59.1 Å². The normalized spacial score (nSPS) is 6.22. The van der Waals surface area contributed by atoms with E-state index in [2.05, 4.69) is 26.3 Å². The van der Waals surface area contributed by atoms with Crippen molar-refractivity contribution in [1.82, 2.24) is 0 Å². The summed E-state index contributed by atoms with van der Waals surface area (Å²) >= 11 is 0. The second-order valence-corrected chi connectivity index (χ2v) is 2.66. The van der Waals surface area contributed by atoms with Gasteiger partial charge in [-0.2, -0.15) is 0 Å². The van der Waals surface area contributed by atoms with Gasteiger partial charge < -0.3 is 21.3 Å². The zero-order chi connectivity index (χ0) is 13.8. The smallest absolute Gasteiger partial charge is 0.598 e. The molecular formula is C10H24N2Na2O3P+. The fraction of sp³-hybridized carbons (Fsp3) is 0.600. The fourth-order valence-electron chi connectivity index (χ4n) is 0.642. The summed E-state index contributed by atoms with van der Waals surface area (Å²) in [6, 6.07) is 0. The van der Waals surface area contributed by atoms with Gasteiger partial charge >= 0.3 is 59.1 Å². The van der Waals surface area contributed by atoms with Gasteiger partial charge in [-0.1, -0.05) is 17.4 Å². The van der Waals surface area contributed by atoms with Gasteiger partial charge in [-0.25, -0.2) is 0 Å². The van der Waals surface area contributed by atoms with Crippen molar-refractivity contribution < 1.29 is 73.5 Å². The maximum absolute atomic E-state index is 8.48. The molecule has 0 saturated heterocycles. The van der Waals surface area contributed by atoms with Gasteiger partial charge in [0.15, 0.2) is 0 Å². The molecule has 8 heteroatoms. The summed E-state index contributed by atoms with van der Waals surface area (Å²) in [7, 11) is -3.37. The molecule has 0 rings (SSSR count). The molecule has 18 heavy (non-hydrogen) atoms. The van der Waals surface area contributed by atoms with Crippen molar-refractivity contribution >= 4 is 8.25 Å². The molecule has 4 N–H and O–H groups in total. The maximum Gasteiger partial charge on any atom is 1.00 e. The third-order valence-corrected chi connectivity index (χ3v) is 1.16. The standard InChI is InChI=1S/C6H16N2.2C2H4.2Na.HO3P/c7-5-3-1-2-4-6-8;2*1-2;;;1-4(2)3/h1-8H2;2*1-2H2;;;(H,1,2,3)/q;;;2*+1;/p-1. The molecule has 0 unspecified atom stereocenters. The van der Waals surface area contributed by atoms with Gasteiger partial charge in [-0.15, -0.1) is 26.3 Å². The molecule has 0 aromatic rings. The van der Waals surface area contributed by atoms with Crippen LogP contribution in [0.2, 0.25) is 0 Å². The van der Waals surface area contributed by atoms with E-state index in [1.54, 1.807) is 0 Å². The van der Waals surface area contributed by atoms with Crippen molar-refractivity contribution in [2.45, 2.75) is 25.7 Å². The Hall–Kier alpha value is 1.42. The quantitative estimate of drug-likeness (QED) is 0.227. The zero-order valence-corrected chi connectivity index (χ0v) is 16.8. The molecule has 0 aliphatic carbocycles. The van der Waals surface area contributed by atoms with E-state index in [1.165, 1.54) is 12.8 Å². The summed E-state index contributed by atoms with van der Waals surface area (Å²) in [5, 5.41) is 0. The van der Waals surface area contributed by atoms with E-state index in [0.717, 1.165) is 25.9 Å². The zero-order valence-electron chi connectivity index (χ0n) is 11.9. The van der Waals surface area contributed by atoms with Crippen LogP contribution in [0, 0.1) is 0 Å². The largest absolute Gasteiger partial charge is 1.00 e. The van der Waals surface area contributed by atoms with Crippen molar-refractivity contribution in [3.8, 4) is 0 Å². The number of rotatable bonds is 5. The van der Waals surface area contributed by atoms with Gasteiger partial charge in [0, 0.05) is 0 Å². The van der Waals surface area contributed by atoms with Gasteiger partial charge in [-0.05, 0) is 25.9 Å². The van der Waals surface area contributed by atoms with Crippen LogP contribution in [0.15, 0.2) is 26.3 Å². The van der Waals surface area contributed by atoms with E-state index >= 15 is 0 Å². The molecule has 0 aliphatic rings. The Labute approximate surface area is 157 Å². The number of hydrogen-bond acceptors (Lipinski definition) is 5. The van der Waals surface area contributed by atoms with Gasteiger partial charge in [-0.3, -0.25) is 0 Å². The fourth-order valence-corrected chi connectivity index (χ4v) is 0.642. The number of unbranched alkanes of at least 4 members (excludes halogenated alkanes) is 3. The van der Waals surface area contributed by atoms with E-state index in [4.69, 9.17) is 25.8 Å². The average Bonchev–Trinajstić information content (AvgIpc) is 2.29. The monoisotopic (exact) mass is 297 g/mol. The Kier molecular flexibility index (Phi) is 105. The second kappa shape index (κ2) is 51.5. The van der Waals surface area contributed by atoms with Crippen LogP contribution in [0.5, 0.6) is 0 Å². The molecule has 0 aromatic heterocycles. The molecule has 0 saturated carbocycles. The minimum Gasteiger partial charge on any atom is -0.598 e. The molecule has 0 aliphatic heterocycles. The molecule has 0 atom stereocenters. The van der Waals surface area contributed by atoms with Gasteiger partial charge in [0.25, 0.3) is 8.25 Å². The molecule has 0 fully saturated rings. The first-order valence-electron chi connectivity index (χ1n) is 4.86. The summed E-state index contributed by atoms with van der Waals surface area (Å²) in [5.74, 6) is 0. The van der Waals surface area contributed by atoms with Crippen molar-refractivity contribution in [1.29, 1.82) is 0 Å². The SMILES string of the molecule is C=C.C=C.NCCCCCCN.O=[P+]([O-])[O-].[Na+].[Na+]. The Morgan fingerprint density at radius 3 is 1.06 bits per heavy atom. The molecule has 0 radical (unpaired) electrons. The summed E-state index contributed by atoms with van der Waals surface area (Å²) < 4.78 is 8.48. The predicted octanol–water partition coefficient (Wildman–Crippen LogP) is -5.56. The summed E-state index contributed by atoms with van der Waals surface area (Å²) in [6.07, 6.45) is 4.79. The van der Waals surface area contributed by atoms with E-state index in [9.17, 15) is 0 Å². The minimum atomic E-state index is -3.37. The summed E-state index contributed by atoms with van der Waals surface area (Å²) in [6.45, 7) is 13.6. The molecule has 0 spiro atoms. The molecular weight excluding hydrogens is 273 g/mol. The number of nitrogens with two attached hydrogens (primary N) is 2. The molecule has 5 nitrogen and oxygen atoms in total. The maximum atomic E-state index is 8.48. The first-order valence-corrected chi connectivity index (χ1v) is 5.96. The third kappa shape index (κ3) is 114. The van der Waals surface area contributed by atoms with Crippen molar-refractivity contribution in [2.24, 2.45) is 11.5 Å². The van der Waals surface area contributed by atoms with Crippen LogP contribution in [0.4, 0.5) is 0 Å². The van der Waals surface area contributed by atoms with Crippen LogP contribution in [-0.4, -0.2) is 13.1 Å². The predicted molar refractivity (Wildman–Crippen MR) is 66.7 cm³/mol. The molecule has 0 aromatic carbocycles. The third-order valence-electron chi connectivity index (χ3n) is 1.16. The summed E-state index contributed by atoms with van der Waals surface area (Å²) in [4.78, 5) is 17.0. The Bertz CT molecular complexity index is 124. The van der Waals surface area contributed by atoms with Crippen LogP contribution in [0.25, 0.3) is 0 Å². The minimum absolute atomic E-state index is 0. The first kappa shape index (κ1) is 36.6. The van der Waals surface area contributed by atoms with Crippen LogP contribution in [0.1, 0.15) is 25.7 Å². The van der Waals surface area contributed by atoms with Gasteiger partial charge in [0.1, 0.15) is 0 Å². The van der Waals surface area contributed by atoms with Crippen molar-refractivity contribution in [2.75, 3.05) is 13.1 Å². The molecule has 98 valence electrons. The Balaban J connectivity index is -0.0000000312. The van der Waals surface area contributed by atoms with Crippen LogP contribution >= 0.6 is 8.25 Å². The Morgan fingerprint density at radius 2 is 0.944 bits per heavy atom. The van der Waals surface area contributed by atoms with E-state index < -0.39 is 8.25 Å². The second-order valence-electron chi connectivity index (χ2n) is 2.22. The molecule has 0 amide bonds. The topological polar surface area (TPSA) is 115 Å². The Morgan fingerprint density at radius 1 is 0.778 bits per heavy atom. The van der Waals surface area contributed by atoms with E-state index in [1.807, 2.05) is 0 Å². The average molecular weight is 297 g/mol. The van der Waals surface area contributed by atoms with Crippen LogP contribution in [0.3, 0.4) is 0 Å². The molecule has 0 bridgehead atoms. The van der Waals surface area contributed by atoms with Crippen molar-refractivity contribution in [3.05, 3.63) is 26.3 Å². The molecule has 0 heterocycles. The van der Waals surface area contributed by atoms with Gasteiger partial charge in [0.05, 0.1) is 0 Å². The number of hydrogen-bond donors (Lipinski definition) is 2.